The van der Waals surface area contributed by atoms with Gasteiger partial charge in [-0.25, -0.2) is 9.78 Å². The molecule has 0 aliphatic carbocycles. The molecular weight excluding hydrogens is 366 g/mol. The SMILES string of the molecule is Cc1ccc([N+](=O)[O-])cc1NC(=O)COC(=O)/C=C/c1nc2ccccc2o1. The normalized spacial score (nSPS) is 10.9. The van der Waals surface area contributed by atoms with Gasteiger partial charge in [0.25, 0.3) is 11.6 Å². The summed E-state index contributed by atoms with van der Waals surface area (Å²) in [5.74, 6) is -1.14. The molecule has 1 aromatic heterocycles. The summed E-state index contributed by atoms with van der Waals surface area (Å²) in [6.07, 6.45) is 2.43. The van der Waals surface area contributed by atoms with Crippen LogP contribution >= 0.6 is 0 Å². The topological polar surface area (TPSA) is 125 Å². The molecule has 1 N–H and O–H groups in total. The highest BCUT2D eigenvalue weighted by atomic mass is 16.6. The van der Waals surface area contributed by atoms with Crippen LogP contribution in [0.3, 0.4) is 0 Å². The van der Waals surface area contributed by atoms with Crippen molar-refractivity contribution in [3.05, 3.63) is 70.1 Å². The Bertz CT molecular complexity index is 1050. The van der Waals surface area contributed by atoms with Crippen LogP contribution in [0.25, 0.3) is 17.2 Å². The molecule has 3 aromatic rings. The third-order valence-corrected chi connectivity index (χ3v) is 3.72. The number of oxazole rings is 1. The number of rotatable bonds is 6. The molecule has 0 spiro atoms. The van der Waals surface area contributed by atoms with Crippen LogP contribution in [0.4, 0.5) is 11.4 Å². The molecule has 9 nitrogen and oxygen atoms in total. The summed E-state index contributed by atoms with van der Waals surface area (Å²) in [4.78, 5) is 38.1. The van der Waals surface area contributed by atoms with Gasteiger partial charge in [0.15, 0.2) is 12.2 Å². The number of aryl methyl sites for hydroxylation is 1. The van der Waals surface area contributed by atoms with E-state index in [0.29, 0.717) is 16.7 Å². The summed E-state index contributed by atoms with van der Waals surface area (Å²) in [6, 6.07) is 11.2. The maximum Gasteiger partial charge on any atom is 0.331 e. The highest BCUT2D eigenvalue weighted by Crippen LogP contribution is 2.21. The number of hydrogen-bond donors (Lipinski definition) is 1. The molecular formula is C19H15N3O6. The second kappa shape index (κ2) is 8.12. The number of carbonyl (C=O) groups is 2. The van der Waals surface area contributed by atoms with Crippen LogP contribution in [0, 0.1) is 17.0 Å². The first-order valence-corrected chi connectivity index (χ1v) is 8.17. The molecule has 0 saturated heterocycles. The molecule has 1 amide bonds. The van der Waals surface area contributed by atoms with Crippen LogP contribution in [0.2, 0.25) is 0 Å². The van der Waals surface area contributed by atoms with E-state index in [1.165, 1.54) is 24.3 Å². The van der Waals surface area contributed by atoms with Crippen molar-refractivity contribution < 1.29 is 23.7 Å². The smallest absolute Gasteiger partial charge is 0.331 e. The second-order valence-corrected chi connectivity index (χ2v) is 5.77. The highest BCUT2D eigenvalue weighted by Gasteiger charge is 2.12. The fourth-order valence-corrected chi connectivity index (χ4v) is 2.33. The van der Waals surface area contributed by atoms with E-state index in [-0.39, 0.29) is 17.3 Å². The Morgan fingerprint density at radius 1 is 1.29 bits per heavy atom. The fraction of sp³-hybridized carbons (Fsp3) is 0.105. The number of esters is 1. The van der Waals surface area contributed by atoms with Crippen LogP contribution in [-0.4, -0.2) is 28.4 Å². The van der Waals surface area contributed by atoms with Crippen LogP contribution in [0.1, 0.15) is 11.5 Å². The number of para-hydroxylation sites is 2. The van der Waals surface area contributed by atoms with E-state index in [2.05, 4.69) is 10.3 Å². The molecule has 0 unspecified atom stereocenters. The third-order valence-electron chi connectivity index (χ3n) is 3.72. The summed E-state index contributed by atoms with van der Waals surface area (Å²) in [6.45, 7) is 1.15. The van der Waals surface area contributed by atoms with Gasteiger partial charge in [0.2, 0.25) is 5.89 Å². The van der Waals surface area contributed by atoms with Crippen molar-refractivity contribution in [3.8, 4) is 0 Å². The predicted octanol–water partition coefficient (Wildman–Crippen LogP) is 3.24. The third kappa shape index (κ3) is 4.58. The number of fused-ring (bicyclic) bond motifs is 1. The average molecular weight is 381 g/mol. The lowest BCUT2D eigenvalue weighted by atomic mass is 10.2. The van der Waals surface area contributed by atoms with E-state index < -0.39 is 23.4 Å². The number of nitro benzene ring substituents is 1. The van der Waals surface area contributed by atoms with Gasteiger partial charge in [-0.1, -0.05) is 18.2 Å². The number of nitro groups is 1. The number of non-ortho nitro benzene ring substituents is 1. The van der Waals surface area contributed by atoms with E-state index in [4.69, 9.17) is 9.15 Å². The standard InChI is InChI=1S/C19H15N3O6/c1-12-6-7-13(22(25)26)10-15(12)20-17(23)11-27-19(24)9-8-18-21-14-4-2-3-5-16(14)28-18/h2-10H,11H2,1H3,(H,20,23)/b9-8+. The van der Waals surface area contributed by atoms with Crippen LogP contribution in [0.5, 0.6) is 0 Å². The molecule has 3 rings (SSSR count). The predicted molar refractivity (Wildman–Crippen MR) is 100 cm³/mol. The maximum atomic E-state index is 11.9. The number of amides is 1. The van der Waals surface area contributed by atoms with Crippen LogP contribution < -0.4 is 5.32 Å². The van der Waals surface area contributed by atoms with Gasteiger partial charge in [-0.15, -0.1) is 0 Å². The van der Waals surface area contributed by atoms with Crippen molar-refractivity contribution in [1.82, 2.24) is 4.98 Å². The van der Waals surface area contributed by atoms with Gasteiger partial charge < -0.3 is 14.5 Å². The van der Waals surface area contributed by atoms with E-state index >= 15 is 0 Å². The van der Waals surface area contributed by atoms with Gasteiger partial charge >= 0.3 is 5.97 Å². The van der Waals surface area contributed by atoms with Crippen molar-refractivity contribution in [2.45, 2.75) is 6.92 Å². The Kier molecular flexibility index (Phi) is 5.45. The number of nitrogens with zero attached hydrogens (tertiary/aromatic N) is 2. The average Bonchev–Trinajstić information content (AvgIpc) is 3.09. The molecule has 0 aliphatic rings. The number of ether oxygens (including phenoxy) is 1. The zero-order chi connectivity index (χ0) is 20.1. The minimum Gasteiger partial charge on any atom is -0.452 e. The number of nitrogens with one attached hydrogen (secondary N) is 1. The molecule has 0 saturated carbocycles. The zero-order valence-electron chi connectivity index (χ0n) is 14.7. The largest absolute Gasteiger partial charge is 0.452 e. The minimum atomic E-state index is -0.756. The molecule has 28 heavy (non-hydrogen) atoms. The van der Waals surface area contributed by atoms with Gasteiger partial charge in [0.05, 0.1) is 10.6 Å². The minimum absolute atomic E-state index is 0.154. The number of hydrogen-bond acceptors (Lipinski definition) is 7. The highest BCUT2D eigenvalue weighted by molar-refractivity contribution is 5.95. The number of carbonyl (C=O) groups excluding carboxylic acids is 2. The molecule has 0 aliphatic heterocycles. The van der Waals surface area contributed by atoms with Gasteiger partial charge in [0.1, 0.15) is 5.52 Å². The Morgan fingerprint density at radius 3 is 2.82 bits per heavy atom. The van der Waals surface area contributed by atoms with Crippen molar-refractivity contribution in [2.75, 3.05) is 11.9 Å². The van der Waals surface area contributed by atoms with Crippen molar-refractivity contribution in [1.29, 1.82) is 0 Å². The van der Waals surface area contributed by atoms with Crippen molar-refractivity contribution in [2.24, 2.45) is 0 Å². The first-order chi connectivity index (χ1) is 13.4. The summed E-state index contributed by atoms with van der Waals surface area (Å²) in [7, 11) is 0. The van der Waals surface area contributed by atoms with E-state index in [1.807, 2.05) is 6.07 Å². The molecule has 0 radical (unpaired) electrons. The molecule has 0 bridgehead atoms. The number of benzene rings is 2. The maximum absolute atomic E-state index is 11.9. The first-order valence-electron chi connectivity index (χ1n) is 8.17. The summed E-state index contributed by atoms with van der Waals surface area (Å²) < 4.78 is 10.3. The number of aromatic nitrogens is 1. The second-order valence-electron chi connectivity index (χ2n) is 5.77. The van der Waals surface area contributed by atoms with E-state index in [1.54, 1.807) is 25.1 Å². The van der Waals surface area contributed by atoms with Gasteiger partial charge in [-0.2, -0.15) is 0 Å². The molecule has 0 fully saturated rings. The van der Waals surface area contributed by atoms with Gasteiger partial charge in [0, 0.05) is 24.3 Å². The zero-order valence-corrected chi connectivity index (χ0v) is 14.7. The first kappa shape index (κ1) is 18.8. The van der Waals surface area contributed by atoms with Crippen LogP contribution in [0.15, 0.2) is 53.0 Å². The van der Waals surface area contributed by atoms with Crippen molar-refractivity contribution in [3.63, 3.8) is 0 Å². The molecule has 0 atom stereocenters. The lowest BCUT2D eigenvalue weighted by Gasteiger charge is -2.08. The summed E-state index contributed by atoms with van der Waals surface area (Å²) in [5.41, 5.74) is 2.00. The Morgan fingerprint density at radius 2 is 2.07 bits per heavy atom. The van der Waals surface area contributed by atoms with Gasteiger partial charge in [-0.3, -0.25) is 14.9 Å². The fourth-order valence-electron chi connectivity index (χ4n) is 2.33. The quantitative estimate of drug-likeness (QED) is 0.301. The Hall–Kier alpha value is -4.01. The van der Waals surface area contributed by atoms with Gasteiger partial charge in [-0.05, 0) is 24.6 Å². The lowest BCUT2D eigenvalue weighted by molar-refractivity contribution is -0.384. The summed E-state index contributed by atoms with van der Waals surface area (Å²) >= 11 is 0. The van der Waals surface area contributed by atoms with E-state index in [9.17, 15) is 19.7 Å². The Labute approximate surface area is 158 Å². The number of anilines is 1. The molecule has 2 aromatic carbocycles. The van der Waals surface area contributed by atoms with E-state index in [0.717, 1.165) is 6.08 Å². The molecule has 9 heteroatoms. The molecule has 142 valence electrons. The monoisotopic (exact) mass is 381 g/mol. The molecule has 1 heterocycles. The Balaban J connectivity index is 1.55. The lowest BCUT2D eigenvalue weighted by Crippen LogP contribution is -2.20. The summed E-state index contributed by atoms with van der Waals surface area (Å²) in [5, 5.41) is 13.3. The van der Waals surface area contributed by atoms with Crippen LogP contribution in [-0.2, 0) is 14.3 Å². The van der Waals surface area contributed by atoms with Crippen molar-refractivity contribution >= 4 is 40.4 Å².